The number of nitrogens with zero attached hydrogens (tertiary/aromatic N) is 1. The summed E-state index contributed by atoms with van der Waals surface area (Å²) in [4.78, 5) is 2.43. The molecule has 0 bridgehead atoms. The summed E-state index contributed by atoms with van der Waals surface area (Å²) in [6.07, 6.45) is 0. The summed E-state index contributed by atoms with van der Waals surface area (Å²) in [6.45, 7) is 9.36. The zero-order valence-electron chi connectivity index (χ0n) is 61.4. The molecule has 18 aromatic rings. The van der Waals surface area contributed by atoms with Gasteiger partial charge in [0.25, 0.3) is 0 Å². The fraction of sp³-hybridized carbons (Fsp3) is 0.0566. The quantitative estimate of drug-likeness (QED) is 0.130. The molecule has 0 saturated heterocycles. The lowest BCUT2D eigenvalue weighted by atomic mass is 9.82. The van der Waals surface area contributed by atoms with Crippen molar-refractivity contribution >= 4 is 83.1 Å². The van der Waals surface area contributed by atoms with Crippen LogP contribution in [0.15, 0.2) is 400 Å². The first kappa shape index (κ1) is 67.7. The number of rotatable bonds is 11. The Hall–Kier alpha value is -13.1. The van der Waals surface area contributed by atoms with E-state index in [1.165, 1.54) is 154 Å². The lowest BCUT2D eigenvalue weighted by Crippen LogP contribution is -2.16. The first-order valence-electron chi connectivity index (χ1n) is 37.7. The van der Waals surface area contributed by atoms with Crippen molar-refractivity contribution in [2.75, 3.05) is 10.2 Å². The first-order chi connectivity index (χ1) is 53.5. The molecule has 2 aliphatic rings. The average Bonchev–Trinajstić information content (AvgIpc) is 1.60. The summed E-state index contributed by atoms with van der Waals surface area (Å²) >= 11 is 6.01. The molecule has 0 unspecified atom stereocenters. The van der Waals surface area contributed by atoms with E-state index in [1.54, 1.807) is 0 Å². The Kier molecular flexibility index (Phi) is 17.8. The van der Waals surface area contributed by atoms with Crippen molar-refractivity contribution in [1.29, 1.82) is 0 Å². The highest BCUT2D eigenvalue weighted by Crippen LogP contribution is 2.53. The molecule has 0 spiro atoms. The molecule has 0 saturated carbocycles. The van der Waals surface area contributed by atoms with Gasteiger partial charge in [-0.05, 0) is 239 Å². The molecule has 2 nitrogen and oxygen atoms in total. The summed E-state index contributed by atoms with van der Waals surface area (Å²) in [5.74, 6) is 0. The van der Waals surface area contributed by atoms with Crippen molar-refractivity contribution in [3.8, 4) is 89.0 Å². The maximum atomic E-state index is 6.01. The van der Waals surface area contributed by atoms with E-state index in [9.17, 15) is 0 Å². The largest absolute Gasteiger partial charge is 0.355 e. The van der Waals surface area contributed by atoms with Crippen LogP contribution in [-0.2, 0) is 10.8 Å². The van der Waals surface area contributed by atoms with E-state index in [2.05, 4.69) is 426 Å². The summed E-state index contributed by atoms with van der Waals surface area (Å²) in [6, 6.07) is 144. The molecular formula is C106H79ClN2. The van der Waals surface area contributed by atoms with Crippen molar-refractivity contribution in [2.45, 2.75) is 38.5 Å². The van der Waals surface area contributed by atoms with E-state index in [-0.39, 0.29) is 10.8 Å². The van der Waals surface area contributed by atoms with Crippen LogP contribution >= 0.6 is 11.6 Å². The van der Waals surface area contributed by atoms with Gasteiger partial charge in [0.1, 0.15) is 0 Å². The Morgan fingerprint density at radius 1 is 0.211 bits per heavy atom. The third-order valence-electron chi connectivity index (χ3n) is 22.4. The molecular weight excluding hydrogens is 1340 g/mol. The van der Waals surface area contributed by atoms with Gasteiger partial charge in [-0.3, -0.25) is 0 Å². The maximum absolute atomic E-state index is 6.01. The van der Waals surface area contributed by atoms with Crippen LogP contribution in [0.4, 0.5) is 28.4 Å². The van der Waals surface area contributed by atoms with Gasteiger partial charge in [0.2, 0.25) is 0 Å². The summed E-state index contributed by atoms with van der Waals surface area (Å²) in [5.41, 5.74) is 31.0. The first-order valence-corrected chi connectivity index (χ1v) is 38.1. The maximum Gasteiger partial charge on any atom is 0.0468 e. The second-order valence-corrected chi connectivity index (χ2v) is 30.1. The van der Waals surface area contributed by atoms with Crippen LogP contribution < -0.4 is 10.2 Å². The molecule has 109 heavy (non-hydrogen) atoms. The molecule has 0 heterocycles. The number of fused-ring (bicyclic) bond motifs is 12. The monoisotopic (exact) mass is 1410 g/mol. The zero-order valence-corrected chi connectivity index (χ0v) is 62.2. The Balaban J connectivity index is 0.000000129. The standard InChI is InChI=1S/C53H39N.C33H27N.C20H13Cl/c1-53(2)51-24-14-13-23-47(51)48-32-30-42(35-52(48)53)54(41-29-31-44(36-15-5-3-6-16-36)50(34-41)37-17-7-4-8-18-37)40-27-25-38(26-28-40)49-33-39-19-9-10-20-43(39)45-21-11-12-22-46(45)49;1-33(2)31-16-10-9-15-28(31)29-20-18-26(22-32(29)33)34-25-17-19-27(23-11-5-3-6-12-23)30(21-25)24-13-7-4-8-14-24;21-16-11-9-14(10-12-16)20-13-15-5-1-2-6-17(15)18-7-3-4-8-19(18)20/h3-35H,1-2H3;3-22,34H,1-2H3;1-13H. The van der Waals surface area contributed by atoms with Crippen molar-refractivity contribution in [3.05, 3.63) is 428 Å². The van der Waals surface area contributed by atoms with Gasteiger partial charge in [-0.2, -0.15) is 0 Å². The fourth-order valence-corrected chi connectivity index (χ4v) is 17.1. The predicted molar refractivity (Wildman–Crippen MR) is 467 cm³/mol. The molecule has 20 rings (SSSR count). The van der Waals surface area contributed by atoms with E-state index in [1.807, 2.05) is 12.1 Å². The second kappa shape index (κ2) is 28.6. The minimum absolute atomic E-state index is 0.00399. The number of hydrogen-bond donors (Lipinski definition) is 1. The fourth-order valence-electron chi connectivity index (χ4n) is 17.0. The molecule has 18 aromatic carbocycles. The van der Waals surface area contributed by atoms with Crippen LogP contribution in [0.25, 0.3) is 132 Å². The second-order valence-electron chi connectivity index (χ2n) is 29.7. The average molecular weight is 1420 g/mol. The van der Waals surface area contributed by atoms with Gasteiger partial charge in [0.15, 0.2) is 0 Å². The van der Waals surface area contributed by atoms with Crippen LogP contribution in [0.1, 0.15) is 49.9 Å². The summed E-state index contributed by atoms with van der Waals surface area (Å²) in [5, 5.41) is 14.7. The number of anilines is 5. The third-order valence-corrected chi connectivity index (χ3v) is 22.7. The van der Waals surface area contributed by atoms with Gasteiger partial charge in [-0.25, -0.2) is 0 Å². The minimum Gasteiger partial charge on any atom is -0.355 e. The Labute approximate surface area is 644 Å². The van der Waals surface area contributed by atoms with Gasteiger partial charge in [-0.1, -0.05) is 355 Å². The lowest BCUT2D eigenvalue weighted by Gasteiger charge is -2.29. The van der Waals surface area contributed by atoms with Gasteiger partial charge in [0, 0.05) is 44.3 Å². The van der Waals surface area contributed by atoms with Gasteiger partial charge in [0.05, 0.1) is 0 Å². The van der Waals surface area contributed by atoms with Gasteiger partial charge in [-0.15, -0.1) is 0 Å². The normalized spacial score (nSPS) is 12.6. The van der Waals surface area contributed by atoms with Gasteiger partial charge < -0.3 is 10.2 Å². The predicted octanol–water partition coefficient (Wildman–Crippen LogP) is 30.2. The molecule has 1 N–H and O–H groups in total. The van der Waals surface area contributed by atoms with E-state index < -0.39 is 0 Å². The highest BCUT2D eigenvalue weighted by atomic mass is 35.5. The highest BCUT2D eigenvalue weighted by Gasteiger charge is 2.37. The van der Waals surface area contributed by atoms with Crippen molar-refractivity contribution in [1.82, 2.24) is 0 Å². The van der Waals surface area contributed by atoms with Crippen molar-refractivity contribution < 1.29 is 0 Å². The SMILES string of the molecule is CC1(C)c2ccccc2-c2ccc(N(c3ccc(-c4cc5ccccc5c5ccccc45)cc3)c3ccc(-c4ccccc4)c(-c4ccccc4)c3)cc21.CC1(C)c2ccccc2-c2ccc(Nc3ccc(-c4ccccc4)c(-c4ccccc4)c3)cc21.Clc1ccc(-c2cc3ccccc3c3ccccc23)cc1. The third kappa shape index (κ3) is 12.8. The number of hydrogen-bond acceptors (Lipinski definition) is 2. The molecule has 0 radical (unpaired) electrons. The molecule has 0 aromatic heterocycles. The summed E-state index contributed by atoms with van der Waals surface area (Å²) in [7, 11) is 0. The lowest BCUT2D eigenvalue weighted by molar-refractivity contribution is 0.660. The minimum atomic E-state index is -0.110. The number of benzene rings is 18. The van der Waals surface area contributed by atoms with Crippen LogP contribution in [0, 0.1) is 0 Å². The summed E-state index contributed by atoms with van der Waals surface area (Å²) < 4.78 is 0. The van der Waals surface area contributed by atoms with E-state index in [0.717, 1.165) is 33.5 Å². The van der Waals surface area contributed by atoms with E-state index >= 15 is 0 Å². The van der Waals surface area contributed by atoms with Crippen molar-refractivity contribution in [3.63, 3.8) is 0 Å². The Bertz CT molecular complexity index is 6420. The molecule has 3 heteroatoms. The number of halogens is 1. The van der Waals surface area contributed by atoms with Crippen molar-refractivity contribution in [2.24, 2.45) is 0 Å². The Morgan fingerprint density at radius 2 is 0.532 bits per heavy atom. The molecule has 520 valence electrons. The molecule has 0 atom stereocenters. The van der Waals surface area contributed by atoms with Crippen LogP contribution in [0.3, 0.4) is 0 Å². The van der Waals surface area contributed by atoms with E-state index in [0.29, 0.717) is 0 Å². The van der Waals surface area contributed by atoms with Crippen LogP contribution in [-0.4, -0.2) is 0 Å². The molecule has 0 fully saturated rings. The van der Waals surface area contributed by atoms with Crippen LogP contribution in [0.5, 0.6) is 0 Å². The van der Waals surface area contributed by atoms with Gasteiger partial charge >= 0.3 is 0 Å². The van der Waals surface area contributed by atoms with E-state index in [4.69, 9.17) is 11.6 Å². The Morgan fingerprint density at radius 3 is 1.02 bits per heavy atom. The molecule has 0 aliphatic heterocycles. The van der Waals surface area contributed by atoms with Crippen LogP contribution in [0.2, 0.25) is 5.02 Å². The number of nitrogens with one attached hydrogen (secondary N) is 1. The molecule has 2 aliphatic carbocycles. The topological polar surface area (TPSA) is 15.3 Å². The smallest absolute Gasteiger partial charge is 0.0468 e. The zero-order chi connectivity index (χ0) is 73.6. The highest BCUT2D eigenvalue weighted by molar-refractivity contribution is 6.30. The molecule has 0 amide bonds.